The Hall–Kier alpha value is -1.11. The maximum atomic E-state index is 12.3. The Kier molecular flexibility index (Phi) is 4.13. The maximum Gasteiger partial charge on any atom is 0.240 e. The van der Waals surface area contributed by atoms with Crippen LogP contribution in [0.5, 0.6) is 0 Å². The minimum atomic E-state index is -3.51. The summed E-state index contributed by atoms with van der Waals surface area (Å²) in [5, 5.41) is 0. The average molecular weight is 284 g/mol. The molecule has 3 N–H and O–H groups in total. The molecule has 0 saturated carbocycles. The topological polar surface area (TPSA) is 81.4 Å². The van der Waals surface area contributed by atoms with Crippen molar-refractivity contribution in [2.45, 2.75) is 43.7 Å². The van der Waals surface area contributed by atoms with Crippen molar-refractivity contribution in [2.24, 2.45) is 0 Å². The van der Waals surface area contributed by atoms with Crippen molar-refractivity contribution >= 4 is 15.7 Å². The Morgan fingerprint density at radius 2 is 2.11 bits per heavy atom. The molecule has 1 fully saturated rings. The summed E-state index contributed by atoms with van der Waals surface area (Å²) in [7, 11) is -3.51. The second-order valence-electron chi connectivity index (χ2n) is 5.10. The molecule has 1 aromatic carbocycles. The molecule has 0 amide bonds. The standard InChI is InChI=1S/C13H20N2O3S/c1-9-5-11(14)8-13(6-9)19(16,17)15-12-3-4-18-10(2)7-12/h5-6,8,10,12,15H,3-4,7,14H2,1-2H3. The van der Waals surface area contributed by atoms with E-state index >= 15 is 0 Å². The molecule has 1 aromatic rings. The van der Waals surface area contributed by atoms with Gasteiger partial charge in [-0.05, 0) is 50.5 Å². The highest BCUT2D eigenvalue weighted by Gasteiger charge is 2.25. The molecule has 106 valence electrons. The highest BCUT2D eigenvalue weighted by Crippen LogP contribution is 2.19. The predicted octanol–water partition coefficient (Wildman–Crippen LogP) is 1.42. The molecule has 1 aliphatic rings. The monoisotopic (exact) mass is 284 g/mol. The van der Waals surface area contributed by atoms with Gasteiger partial charge in [0.15, 0.2) is 0 Å². The first-order valence-electron chi connectivity index (χ1n) is 6.38. The van der Waals surface area contributed by atoms with Crippen LogP contribution in [0.1, 0.15) is 25.3 Å². The zero-order chi connectivity index (χ0) is 14.0. The van der Waals surface area contributed by atoms with Crippen molar-refractivity contribution in [3.8, 4) is 0 Å². The molecule has 0 radical (unpaired) electrons. The van der Waals surface area contributed by atoms with Gasteiger partial charge in [0.1, 0.15) is 0 Å². The van der Waals surface area contributed by atoms with Crippen LogP contribution in [-0.4, -0.2) is 27.2 Å². The van der Waals surface area contributed by atoms with Gasteiger partial charge in [0.25, 0.3) is 0 Å². The van der Waals surface area contributed by atoms with E-state index in [0.29, 0.717) is 25.1 Å². The number of nitrogens with two attached hydrogens (primary N) is 1. The lowest BCUT2D eigenvalue weighted by Gasteiger charge is -2.27. The van der Waals surface area contributed by atoms with Crippen LogP contribution in [0.4, 0.5) is 5.69 Å². The van der Waals surface area contributed by atoms with E-state index in [1.54, 1.807) is 12.1 Å². The lowest BCUT2D eigenvalue weighted by atomic mass is 10.1. The van der Waals surface area contributed by atoms with E-state index in [0.717, 1.165) is 5.56 Å². The van der Waals surface area contributed by atoms with Gasteiger partial charge in [-0.3, -0.25) is 0 Å². The Balaban J connectivity index is 2.17. The predicted molar refractivity (Wildman–Crippen MR) is 74.3 cm³/mol. The fraction of sp³-hybridized carbons (Fsp3) is 0.538. The van der Waals surface area contributed by atoms with Crippen molar-refractivity contribution in [3.05, 3.63) is 23.8 Å². The minimum absolute atomic E-state index is 0.0736. The van der Waals surface area contributed by atoms with Crippen LogP contribution < -0.4 is 10.5 Å². The largest absolute Gasteiger partial charge is 0.399 e. The number of benzene rings is 1. The summed E-state index contributed by atoms with van der Waals surface area (Å²) in [6, 6.07) is 4.78. The Morgan fingerprint density at radius 1 is 1.37 bits per heavy atom. The van der Waals surface area contributed by atoms with Gasteiger partial charge in [-0.15, -0.1) is 0 Å². The number of ether oxygens (including phenoxy) is 1. The smallest absolute Gasteiger partial charge is 0.240 e. The summed E-state index contributed by atoms with van der Waals surface area (Å²) in [5.74, 6) is 0. The number of sulfonamides is 1. The van der Waals surface area contributed by atoms with Gasteiger partial charge in [-0.1, -0.05) is 0 Å². The number of anilines is 1. The van der Waals surface area contributed by atoms with E-state index in [2.05, 4.69) is 4.72 Å². The zero-order valence-electron chi connectivity index (χ0n) is 11.2. The zero-order valence-corrected chi connectivity index (χ0v) is 12.0. The minimum Gasteiger partial charge on any atom is -0.399 e. The number of nitrogen functional groups attached to an aromatic ring is 1. The quantitative estimate of drug-likeness (QED) is 0.823. The van der Waals surface area contributed by atoms with Crippen molar-refractivity contribution in [3.63, 3.8) is 0 Å². The molecular weight excluding hydrogens is 264 g/mol. The van der Waals surface area contributed by atoms with Crippen molar-refractivity contribution in [2.75, 3.05) is 12.3 Å². The number of rotatable bonds is 3. The van der Waals surface area contributed by atoms with Gasteiger partial charge >= 0.3 is 0 Å². The first kappa shape index (κ1) is 14.3. The Morgan fingerprint density at radius 3 is 2.74 bits per heavy atom. The normalized spacial score (nSPS) is 24.3. The summed E-state index contributed by atoms with van der Waals surface area (Å²) >= 11 is 0. The van der Waals surface area contributed by atoms with Crippen LogP contribution in [0.3, 0.4) is 0 Å². The van der Waals surface area contributed by atoms with Gasteiger partial charge in [0.05, 0.1) is 11.0 Å². The van der Waals surface area contributed by atoms with Crippen molar-refractivity contribution < 1.29 is 13.2 Å². The van der Waals surface area contributed by atoms with Crippen molar-refractivity contribution in [1.29, 1.82) is 0 Å². The average Bonchev–Trinajstić information content (AvgIpc) is 2.26. The molecule has 2 unspecified atom stereocenters. The van der Waals surface area contributed by atoms with E-state index in [4.69, 9.17) is 10.5 Å². The van der Waals surface area contributed by atoms with Gasteiger partial charge in [-0.25, -0.2) is 13.1 Å². The van der Waals surface area contributed by atoms with Crippen LogP contribution in [0.25, 0.3) is 0 Å². The molecule has 0 bridgehead atoms. The van der Waals surface area contributed by atoms with Gasteiger partial charge in [-0.2, -0.15) is 0 Å². The molecule has 6 heteroatoms. The molecule has 0 aromatic heterocycles. The third-order valence-electron chi connectivity index (χ3n) is 3.19. The Labute approximate surface area is 114 Å². The highest BCUT2D eigenvalue weighted by atomic mass is 32.2. The van der Waals surface area contributed by atoms with Gasteiger partial charge in [0, 0.05) is 18.3 Å². The highest BCUT2D eigenvalue weighted by molar-refractivity contribution is 7.89. The molecule has 0 spiro atoms. The van der Waals surface area contributed by atoms with E-state index < -0.39 is 10.0 Å². The third kappa shape index (κ3) is 3.68. The number of aryl methyl sites for hydroxylation is 1. The fourth-order valence-electron chi connectivity index (χ4n) is 2.32. The summed E-state index contributed by atoms with van der Waals surface area (Å²) < 4.78 is 32.8. The summed E-state index contributed by atoms with van der Waals surface area (Å²) in [5.41, 5.74) is 6.99. The second-order valence-corrected chi connectivity index (χ2v) is 6.82. The van der Waals surface area contributed by atoms with E-state index in [1.165, 1.54) is 6.07 Å². The summed E-state index contributed by atoms with van der Waals surface area (Å²) in [6.45, 7) is 4.36. The molecule has 1 aliphatic heterocycles. The molecule has 2 rings (SSSR count). The number of hydrogen-bond acceptors (Lipinski definition) is 4. The SMILES string of the molecule is Cc1cc(N)cc(S(=O)(=O)NC2CCOC(C)C2)c1. The van der Waals surface area contributed by atoms with Crippen LogP contribution in [0.2, 0.25) is 0 Å². The number of hydrogen-bond donors (Lipinski definition) is 2. The molecule has 0 aliphatic carbocycles. The molecule has 19 heavy (non-hydrogen) atoms. The van der Waals surface area contributed by atoms with Crippen LogP contribution >= 0.6 is 0 Å². The van der Waals surface area contributed by atoms with E-state index in [9.17, 15) is 8.42 Å². The molecule has 1 saturated heterocycles. The third-order valence-corrected chi connectivity index (χ3v) is 4.69. The second kappa shape index (κ2) is 5.48. The number of nitrogens with one attached hydrogen (secondary N) is 1. The van der Waals surface area contributed by atoms with Crippen molar-refractivity contribution in [1.82, 2.24) is 4.72 Å². The Bertz CT molecular complexity index is 537. The first-order valence-corrected chi connectivity index (χ1v) is 7.86. The lowest BCUT2D eigenvalue weighted by Crippen LogP contribution is -2.41. The van der Waals surface area contributed by atoms with E-state index in [-0.39, 0.29) is 17.0 Å². The summed E-state index contributed by atoms with van der Waals surface area (Å²) in [6.07, 6.45) is 1.48. The van der Waals surface area contributed by atoms with Gasteiger partial charge < -0.3 is 10.5 Å². The summed E-state index contributed by atoms with van der Waals surface area (Å²) in [4.78, 5) is 0.226. The molecule has 2 atom stereocenters. The maximum absolute atomic E-state index is 12.3. The van der Waals surface area contributed by atoms with Crippen LogP contribution in [0.15, 0.2) is 23.1 Å². The van der Waals surface area contributed by atoms with Crippen LogP contribution in [0, 0.1) is 6.92 Å². The molecule has 5 nitrogen and oxygen atoms in total. The first-order chi connectivity index (χ1) is 8.87. The van der Waals surface area contributed by atoms with E-state index in [1.807, 2.05) is 13.8 Å². The fourth-order valence-corrected chi connectivity index (χ4v) is 3.75. The molecular formula is C13H20N2O3S. The molecule has 1 heterocycles. The lowest BCUT2D eigenvalue weighted by molar-refractivity contribution is 0.0173. The van der Waals surface area contributed by atoms with Crippen LogP contribution in [-0.2, 0) is 14.8 Å². The van der Waals surface area contributed by atoms with Gasteiger partial charge in [0.2, 0.25) is 10.0 Å².